The van der Waals surface area contributed by atoms with Crippen LogP contribution >= 0.6 is 11.8 Å². The van der Waals surface area contributed by atoms with Crippen molar-refractivity contribution >= 4 is 29.3 Å². The number of ether oxygens (including phenoxy) is 1. The molecule has 7 nitrogen and oxygen atoms in total. The van der Waals surface area contributed by atoms with Crippen LogP contribution in [0.1, 0.15) is 45.1 Å². The molecule has 0 radical (unpaired) electrons. The number of benzene rings is 1. The van der Waals surface area contributed by atoms with Gasteiger partial charge in [0, 0.05) is 31.4 Å². The first-order valence-corrected chi connectivity index (χ1v) is 12.9. The third kappa shape index (κ3) is 4.39. The number of hydrogen-bond donors (Lipinski definition) is 0. The second-order valence-corrected chi connectivity index (χ2v) is 10.4. The Bertz CT molecular complexity index is 950. The first-order valence-electron chi connectivity index (χ1n) is 11.9. The maximum atomic E-state index is 13.2. The summed E-state index contributed by atoms with van der Waals surface area (Å²) in [5.74, 6) is 2.19. The van der Waals surface area contributed by atoms with Crippen LogP contribution in [-0.4, -0.2) is 58.3 Å². The van der Waals surface area contributed by atoms with Crippen molar-refractivity contribution in [1.82, 2.24) is 14.8 Å². The zero-order chi connectivity index (χ0) is 22.1. The van der Waals surface area contributed by atoms with Crippen molar-refractivity contribution in [2.75, 3.05) is 35.2 Å². The largest absolute Gasteiger partial charge is 0.376 e. The molecule has 8 heteroatoms. The number of thioether (sulfide) groups is 1. The van der Waals surface area contributed by atoms with Crippen molar-refractivity contribution in [1.29, 1.82) is 0 Å². The topological polar surface area (TPSA) is 63.5 Å². The molecule has 1 aromatic heterocycles. The molecule has 3 aliphatic heterocycles. The summed E-state index contributed by atoms with van der Waals surface area (Å²) in [5.41, 5.74) is 2.30. The predicted octanol–water partition coefficient (Wildman–Crippen LogP) is 3.76. The molecule has 1 amide bonds. The fourth-order valence-electron chi connectivity index (χ4n) is 5.12. The highest BCUT2D eigenvalue weighted by Crippen LogP contribution is 2.33. The number of aromatic nitrogens is 3. The van der Waals surface area contributed by atoms with Crippen LogP contribution in [0, 0.1) is 5.92 Å². The number of carbonyl (C=O) groups excluding carboxylic acids is 1. The van der Waals surface area contributed by atoms with Gasteiger partial charge in [0.25, 0.3) is 0 Å². The smallest absolute Gasteiger partial charge is 0.237 e. The number of anilines is 2. The van der Waals surface area contributed by atoms with E-state index in [0.29, 0.717) is 5.75 Å². The molecular formula is C24H33N5O2S. The van der Waals surface area contributed by atoms with Crippen LogP contribution in [0.3, 0.4) is 0 Å². The van der Waals surface area contributed by atoms with Crippen molar-refractivity contribution < 1.29 is 9.53 Å². The third-order valence-electron chi connectivity index (χ3n) is 6.97. The molecule has 0 aliphatic carbocycles. The number of para-hydroxylation sites is 1. The Hall–Kier alpha value is -2.06. The van der Waals surface area contributed by atoms with Crippen LogP contribution in [0.25, 0.3) is 0 Å². The molecule has 0 saturated carbocycles. The maximum absolute atomic E-state index is 13.2. The van der Waals surface area contributed by atoms with E-state index in [2.05, 4.69) is 45.6 Å². The number of hydrogen-bond acceptors (Lipinski definition) is 6. The molecule has 0 spiro atoms. The van der Waals surface area contributed by atoms with E-state index in [-0.39, 0.29) is 18.1 Å². The van der Waals surface area contributed by atoms with Crippen LogP contribution in [0.4, 0.5) is 11.6 Å². The molecule has 1 aromatic carbocycles. The van der Waals surface area contributed by atoms with Crippen LogP contribution in [0.2, 0.25) is 0 Å². The van der Waals surface area contributed by atoms with Gasteiger partial charge in [-0.15, -0.1) is 10.2 Å². The van der Waals surface area contributed by atoms with Gasteiger partial charge < -0.3 is 14.5 Å². The molecule has 2 atom stereocenters. The molecule has 172 valence electrons. The normalized spacial score (nSPS) is 23.7. The average molecular weight is 456 g/mol. The van der Waals surface area contributed by atoms with Gasteiger partial charge in [-0.25, -0.2) is 0 Å². The Morgan fingerprint density at radius 2 is 1.97 bits per heavy atom. The minimum Gasteiger partial charge on any atom is -0.376 e. The molecule has 2 aromatic rings. The molecule has 4 heterocycles. The van der Waals surface area contributed by atoms with Gasteiger partial charge in [-0.05, 0) is 56.6 Å². The predicted molar refractivity (Wildman–Crippen MR) is 127 cm³/mol. The van der Waals surface area contributed by atoms with Crippen LogP contribution in [0.5, 0.6) is 0 Å². The summed E-state index contributed by atoms with van der Waals surface area (Å²) >= 11 is 1.50. The average Bonchev–Trinajstić information content (AvgIpc) is 3.52. The van der Waals surface area contributed by atoms with Crippen molar-refractivity contribution in [3.8, 4) is 0 Å². The van der Waals surface area contributed by atoms with E-state index in [0.717, 1.165) is 68.2 Å². The lowest BCUT2D eigenvalue weighted by Gasteiger charge is -2.31. The van der Waals surface area contributed by atoms with Gasteiger partial charge in [-0.3, -0.25) is 9.36 Å². The molecule has 5 rings (SSSR count). The first-order chi connectivity index (χ1) is 15.6. The monoisotopic (exact) mass is 455 g/mol. The van der Waals surface area contributed by atoms with Gasteiger partial charge in [-0.2, -0.15) is 0 Å². The fourth-order valence-corrected chi connectivity index (χ4v) is 5.93. The molecule has 0 N–H and O–H groups in total. The highest BCUT2D eigenvalue weighted by Gasteiger charge is 2.31. The van der Waals surface area contributed by atoms with Crippen molar-refractivity contribution in [2.45, 2.75) is 69.8 Å². The highest BCUT2D eigenvalue weighted by atomic mass is 32.2. The van der Waals surface area contributed by atoms with Crippen molar-refractivity contribution in [3.05, 3.63) is 29.8 Å². The lowest BCUT2D eigenvalue weighted by Crippen LogP contribution is -2.37. The number of rotatable bonds is 6. The summed E-state index contributed by atoms with van der Waals surface area (Å²) < 4.78 is 8.12. The molecule has 32 heavy (non-hydrogen) atoms. The molecular weight excluding hydrogens is 422 g/mol. The third-order valence-corrected chi connectivity index (χ3v) is 7.93. The van der Waals surface area contributed by atoms with Gasteiger partial charge >= 0.3 is 0 Å². The number of carbonyl (C=O) groups is 1. The summed E-state index contributed by atoms with van der Waals surface area (Å²) in [6.45, 7) is 8.05. The maximum Gasteiger partial charge on any atom is 0.237 e. The molecule has 2 fully saturated rings. The van der Waals surface area contributed by atoms with Gasteiger partial charge in [0.15, 0.2) is 5.16 Å². The van der Waals surface area contributed by atoms with Gasteiger partial charge in [0.05, 0.1) is 18.4 Å². The summed E-state index contributed by atoms with van der Waals surface area (Å²) in [5, 5.41) is 9.92. The molecule has 3 aliphatic rings. The van der Waals surface area contributed by atoms with E-state index in [4.69, 9.17) is 4.74 Å². The Morgan fingerprint density at radius 3 is 2.75 bits per heavy atom. The number of piperidine rings is 1. The van der Waals surface area contributed by atoms with E-state index in [1.54, 1.807) is 0 Å². The zero-order valence-electron chi connectivity index (χ0n) is 19.1. The van der Waals surface area contributed by atoms with E-state index < -0.39 is 0 Å². The van der Waals surface area contributed by atoms with Gasteiger partial charge in [-0.1, -0.05) is 36.9 Å². The summed E-state index contributed by atoms with van der Waals surface area (Å²) in [6.07, 6.45) is 5.66. The van der Waals surface area contributed by atoms with Crippen molar-refractivity contribution in [2.24, 2.45) is 5.92 Å². The molecule has 0 unspecified atom stereocenters. The lowest BCUT2D eigenvalue weighted by atomic mass is 10.00. The Labute approximate surface area is 194 Å². The lowest BCUT2D eigenvalue weighted by molar-refractivity contribution is -0.116. The number of nitrogens with zero attached hydrogens (tertiary/aromatic N) is 5. The van der Waals surface area contributed by atoms with Gasteiger partial charge in [0.1, 0.15) is 0 Å². The van der Waals surface area contributed by atoms with E-state index in [9.17, 15) is 4.79 Å². The highest BCUT2D eigenvalue weighted by molar-refractivity contribution is 7.99. The van der Waals surface area contributed by atoms with Gasteiger partial charge in [0.2, 0.25) is 11.9 Å². The summed E-state index contributed by atoms with van der Waals surface area (Å²) in [4.78, 5) is 17.5. The minimum atomic E-state index is 0.132. The minimum absolute atomic E-state index is 0.132. The second-order valence-electron chi connectivity index (χ2n) is 9.43. The fraction of sp³-hybridized carbons (Fsp3) is 0.625. The standard InChI is InChI=1S/C24H33N5O2S/c1-17-9-11-27(12-10-17)23-25-26-24(28(23)15-20-7-5-13-31-20)32-16-22(30)29-18(2)14-19-6-3-4-8-21(19)29/h3-4,6,8,17-18,20H,5,7,9-16H2,1-2H3/t18-,20+/m1/s1. The van der Waals surface area contributed by atoms with E-state index in [1.165, 1.54) is 30.2 Å². The van der Waals surface area contributed by atoms with Crippen molar-refractivity contribution in [3.63, 3.8) is 0 Å². The number of amides is 1. The number of fused-ring (bicyclic) bond motifs is 1. The Balaban J connectivity index is 1.32. The molecule has 0 bridgehead atoms. The van der Waals surface area contributed by atoms with E-state index >= 15 is 0 Å². The van der Waals surface area contributed by atoms with Crippen LogP contribution in [0.15, 0.2) is 29.4 Å². The van der Waals surface area contributed by atoms with Crippen LogP contribution in [-0.2, 0) is 22.5 Å². The zero-order valence-corrected chi connectivity index (χ0v) is 19.9. The van der Waals surface area contributed by atoms with Crippen LogP contribution < -0.4 is 9.80 Å². The molecule has 2 saturated heterocycles. The Kier molecular flexibility index (Phi) is 6.42. The SMILES string of the molecule is CC1CCN(c2nnc(SCC(=O)N3c4ccccc4C[C@H]3C)n2C[C@@H]2CCCO2)CC1. The first kappa shape index (κ1) is 21.8. The van der Waals surface area contributed by atoms with E-state index in [1.807, 2.05) is 17.0 Å². The Morgan fingerprint density at radius 1 is 1.16 bits per heavy atom. The second kappa shape index (κ2) is 9.43. The summed E-state index contributed by atoms with van der Waals surface area (Å²) in [7, 11) is 0. The summed E-state index contributed by atoms with van der Waals surface area (Å²) in [6, 6.07) is 8.42. The quantitative estimate of drug-likeness (QED) is 0.618.